The van der Waals surface area contributed by atoms with Crippen LogP contribution in [0.5, 0.6) is 0 Å². The number of nitrogens with one attached hydrogen (secondary N) is 2. The Bertz CT molecular complexity index is 588. The van der Waals surface area contributed by atoms with E-state index in [9.17, 15) is 19.5 Å². The van der Waals surface area contributed by atoms with Gasteiger partial charge in [0.05, 0.1) is 6.10 Å². The van der Waals surface area contributed by atoms with E-state index >= 15 is 0 Å². The fourth-order valence-corrected chi connectivity index (χ4v) is 2.05. The number of alkyl carbamates (subject to hydrolysis) is 1. The average molecular weight is 352 g/mol. The molecule has 0 fully saturated rings. The Hall–Kier alpha value is -2.61. The Kier molecular flexibility index (Phi) is 7.87. The zero-order chi connectivity index (χ0) is 19.0. The average Bonchev–Trinajstić information content (AvgIpc) is 2.55. The van der Waals surface area contributed by atoms with Crippen LogP contribution in [-0.4, -0.2) is 46.4 Å². The molecule has 1 rings (SSSR count). The molecule has 0 saturated heterocycles. The lowest BCUT2D eigenvalue weighted by molar-refractivity contribution is -0.143. The highest BCUT2D eigenvalue weighted by Crippen LogP contribution is 2.05. The first-order valence-electron chi connectivity index (χ1n) is 7.90. The van der Waals surface area contributed by atoms with E-state index in [4.69, 9.17) is 9.84 Å². The Morgan fingerprint density at radius 2 is 1.64 bits per heavy atom. The molecule has 25 heavy (non-hydrogen) atoms. The number of carboxylic acids is 1. The zero-order valence-electron chi connectivity index (χ0n) is 14.4. The minimum absolute atomic E-state index is 0.00453. The second-order valence-electron chi connectivity index (χ2n) is 5.99. The lowest BCUT2D eigenvalue weighted by atomic mass is 10.0. The molecule has 0 aliphatic heterocycles. The molecule has 0 radical (unpaired) electrons. The molecule has 8 nitrogen and oxygen atoms in total. The van der Waals surface area contributed by atoms with E-state index in [0.29, 0.717) is 0 Å². The Labute approximate surface area is 146 Å². The number of amides is 2. The van der Waals surface area contributed by atoms with Crippen LogP contribution in [0, 0.1) is 5.92 Å². The topological polar surface area (TPSA) is 125 Å². The first kappa shape index (κ1) is 20.4. The van der Waals surface area contributed by atoms with Gasteiger partial charge in [-0.05, 0) is 18.4 Å². The van der Waals surface area contributed by atoms with Gasteiger partial charge in [-0.25, -0.2) is 9.59 Å². The quantitative estimate of drug-likeness (QED) is 0.551. The van der Waals surface area contributed by atoms with E-state index < -0.39 is 36.2 Å². The summed E-state index contributed by atoms with van der Waals surface area (Å²) in [7, 11) is 0. The van der Waals surface area contributed by atoms with Crippen LogP contribution in [0.1, 0.15) is 26.3 Å². The van der Waals surface area contributed by atoms with Crippen molar-refractivity contribution in [3.8, 4) is 0 Å². The lowest BCUT2D eigenvalue weighted by Crippen LogP contribution is -2.56. The number of ether oxygens (including phenoxy) is 1. The van der Waals surface area contributed by atoms with Gasteiger partial charge in [0.2, 0.25) is 5.91 Å². The van der Waals surface area contributed by atoms with Crippen LogP contribution in [0.15, 0.2) is 30.3 Å². The van der Waals surface area contributed by atoms with Gasteiger partial charge in [-0.1, -0.05) is 44.2 Å². The Balaban J connectivity index is 2.64. The number of hydrogen-bond acceptors (Lipinski definition) is 5. The lowest BCUT2D eigenvalue weighted by Gasteiger charge is -2.24. The molecule has 0 bridgehead atoms. The van der Waals surface area contributed by atoms with E-state index in [0.717, 1.165) is 5.56 Å². The van der Waals surface area contributed by atoms with Gasteiger partial charge in [-0.3, -0.25) is 4.79 Å². The van der Waals surface area contributed by atoms with Gasteiger partial charge in [0.25, 0.3) is 0 Å². The molecule has 3 atom stereocenters. The summed E-state index contributed by atoms with van der Waals surface area (Å²) in [6, 6.07) is 6.49. The molecule has 8 heteroatoms. The number of rotatable bonds is 8. The van der Waals surface area contributed by atoms with Crippen molar-refractivity contribution >= 4 is 18.0 Å². The highest BCUT2D eigenvalue weighted by atomic mass is 16.5. The van der Waals surface area contributed by atoms with Crippen molar-refractivity contribution in [1.82, 2.24) is 10.6 Å². The second-order valence-corrected chi connectivity index (χ2v) is 5.99. The predicted octanol–water partition coefficient (Wildman–Crippen LogP) is 0.888. The molecule has 2 amide bonds. The van der Waals surface area contributed by atoms with Gasteiger partial charge in [0.1, 0.15) is 18.7 Å². The summed E-state index contributed by atoms with van der Waals surface area (Å²) in [6.07, 6.45) is -2.12. The van der Waals surface area contributed by atoms with Crippen LogP contribution in [0.25, 0.3) is 0 Å². The van der Waals surface area contributed by atoms with E-state index in [-0.39, 0.29) is 12.5 Å². The van der Waals surface area contributed by atoms with E-state index in [2.05, 4.69) is 10.6 Å². The molecule has 0 heterocycles. The highest BCUT2D eigenvalue weighted by Gasteiger charge is 2.31. The third-order valence-corrected chi connectivity index (χ3v) is 3.48. The van der Waals surface area contributed by atoms with Crippen LogP contribution in [0.3, 0.4) is 0 Å². The molecular formula is C17H24N2O6. The van der Waals surface area contributed by atoms with Gasteiger partial charge in [-0.15, -0.1) is 0 Å². The molecular weight excluding hydrogens is 328 g/mol. The summed E-state index contributed by atoms with van der Waals surface area (Å²) in [4.78, 5) is 35.2. The summed E-state index contributed by atoms with van der Waals surface area (Å²) in [5.74, 6) is -2.35. The maximum absolute atomic E-state index is 12.2. The standard InChI is InChI=1S/C17H24N2O6/c1-10(2)13(16(22)23)18-15(21)14(11(3)20)19-17(24)25-9-12-7-5-4-6-8-12/h4-8,10-11,13-14,20H,9H2,1-3H3,(H,18,21)(H,19,24)(H,22,23)/t11-,13+,14+/m1/s1. The Morgan fingerprint density at radius 1 is 1.04 bits per heavy atom. The van der Waals surface area contributed by atoms with Crippen molar-refractivity contribution in [2.75, 3.05) is 0 Å². The molecule has 0 aliphatic rings. The summed E-state index contributed by atoms with van der Waals surface area (Å²) in [5, 5.41) is 23.4. The fourth-order valence-electron chi connectivity index (χ4n) is 2.05. The first-order valence-corrected chi connectivity index (χ1v) is 7.90. The molecule has 0 aromatic heterocycles. The third-order valence-electron chi connectivity index (χ3n) is 3.48. The predicted molar refractivity (Wildman–Crippen MR) is 89.6 cm³/mol. The summed E-state index contributed by atoms with van der Waals surface area (Å²) < 4.78 is 5.00. The maximum atomic E-state index is 12.2. The van der Waals surface area contributed by atoms with Crippen molar-refractivity contribution in [2.24, 2.45) is 5.92 Å². The number of carbonyl (C=O) groups excluding carboxylic acids is 2. The van der Waals surface area contributed by atoms with E-state index in [1.54, 1.807) is 38.1 Å². The number of benzene rings is 1. The molecule has 0 spiro atoms. The van der Waals surface area contributed by atoms with Gasteiger partial charge in [0, 0.05) is 0 Å². The third kappa shape index (κ3) is 6.80. The second kappa shape index (κ2) is 9.63. The van der Waals surface area contributed by atoms with E-state index in [1.165, 1.54) is 6.92 Å². The summed E-state index contributed by atoms with van der Waals surface area (Å²) in [5.41, 5.74) is 0.765. The van der Waals surface area contributed by atoms with Crippen LogP contribution in [-0.2, 0) is 20.9 Å². The summed E-state index contributed by atoms with van der Waals surface area (Å²) in [6.45, 7) is 4.59. The fraction of sp³-hybridized carbons (Fsp3) is 0.471. The molecule has 4 N–H and O–H groups in total. The highest BCUT2D eigenvalue weighted by molar-refractivity contribution is 5.89. The number of aliphatic hydroxyl groups excluding tert-OH is 1. The van der Waals surface area contributed by atoms with Crippen molar-refractivity contribution in [1.29, 1.82) is 0 Å². The normalized spacial score (nSPS) is 14.3. The van der Waals surface area contributed by atoms with Crippen LogP contribution in [0.4, 0.5) is 4.79 Å². The minimum Gasteiger partial charge on any atom is -0.480 e. The zero-order valence-corrected chi connectivity index (χ0v) is 14.4. The molecule has 0 unspecified atom stereocenters. The summed E-state index contributed by atoms with van der Waals surface area (Å²) >= 11 is 0. The van der Waals surface area contributed by atoms with Crippen LogP contribution in [0.2, 0.25) is 0 Å². The largest absolute Gasteiger partial charge is 0.480 e. The minimum atomic E-state index is -1.33. The van der Waals surface area contributed by atoms with Crippen molar-refractivity contribution in [2.45, 2.75) is 45.6 Å². The number of aliphatic hydroxyl groups is 1. The van der Waals surface area contributed by atoms with Crippen molar-refractivity contribution < 1.29 is 29.3 Å². The van der Waals surface area contributed by atoms with Crippen molar-refractivity contribution in [3.63, 3.8) is 0 Å². The van der Waals surface area contributed by atoms with Crippen LogP contribution >= 0.6 is 0 Å². The monoisotopic (exact) mass is 352 g/mol. The molecule has 0 aliphatic carbocycles. The van der Waals surface area contributed by atoms with Gasteiger partial charge >= 0.3 is 12.1 Å². The van der Waals surface area contributed by atoms with E-state index in [1.807, 2.05) is 6.07 Å². The molecule has 138 valence electrons. The van der Waals surface area contributed by atoms with Gasteiger partial charge in [-0.2, -0.15) is 0 Å². The molecule has 1 aromatic rings. The number of carbonyl (C=O) groups is 3. The van der Waals surface area contributed by atoms with Gasteiger partial charge in [0.15, 0.2) is 0 Å². The van der Waals surface area contributed by atoms with Crippen LogP contribution < -0.4 is 10.6 Å². The smallest absolute Gasteiger partial charge is 0.408 e. The van der Waals surface area contributed by atoms with Gasteiger partial charge < -0.3 is 25.6 Å². The SMILES string of the molecule is CC(C)[C@H](NC(=O)[C@@H](NC(=O)OCc1ccccc1)[C@@H](C)O)C(=O)O. The van der Waals surface area contributed by atoms with Crippen molar-refractivity contribution in [3.05, 3.63) is 35.9 Å². The number of hydrogen-bond donors (Lipinski definition) is 4. The number of carboxylic acid groups (broad SMARTS) is 1. The number of aliphatic carboxylic acids is 1. The first-order chi connectivity index (χ1) is 11.7. The Morgan fingerprint density at radius 3 is 2.12 bits per heavy atom. The molecule has 0 saturated carbocycles. The molecule has 1 aromatic carbocycles. The maximum Gasteiger partial charge on any atom is 0.408 e.